The van der Waals surface area contributed by atoms with Crippen LogP contribution in [-0.2, 0) is 18.1 Å². The van der Waals surface area contributed by atoms with Gasteiger partial charge in [-0.3, -0.25) is 4.79 Å². The topological polar surface area (TPSA) is 82.8 Å². The lowest BCUT2D eigenvalue weighted by atomic mass is 10.0. The van der Waals surface area contributed by atoms with Crippen LogP contribution in [0.25, 0.3) is 0 Å². The lowest BCUT2D eigenvalue weighted by Gasteiger charge is -2.46. The maximum atomic E-state index is 13.2. The van der Waals surface area contributed by atoms with Crippen LogP contribution in [0.1, 0.15) is 81.6 Å². The number of amides is 1. The van der Waals surface area contributed by atoms with E-state index in [2.05, 4.69) is 107 Å². The fraction of sp³-hybridized carbons (Fsp3) is 0.963. The molecule has 0 heterocycles. The molecule has 216 valence electrons. The number of carbonyl (C=O) groups excluding carboxylic acids is 1. The van der Waals surface area contributed by atoms with Crippen LogP contribution >= 0.6 is 0 Å². The van der Waals surface area contributed by atoms with Crippen molar-refractivity contribution in [3.05, 3.63) is 0 Å². The third kappa shape index (κ3) is 11.0. The molecule has 0 saturated heterocycles. The maximum absolute atomic E-state index is 13.2. The van der Waals surface area contributed by atoms with Gasteiger partial charge in [-0.1, -0.05) is 62.3 Å². The fourth-order valence-corrected chi connectivity index (χ4v) is 5.84. The molecule has 0 bridgehead atoms. The Balaban J connectivity index is 6.31. The number of rotatable bonds is 14. The van der Waals surface area contributed by atoms with Gasteiger partial charge in [0.2, 0.25) is 5.91 Å². The zero-order chi connectivity index (χ0) is 28.9. The van der Waals surface area contributed by atoms with Crippen molar-refractivity contribution in [2.45, 2.75) is 142 Å². The van der Waals surface area contributed by atoms with E-state index in [0.29, 0.717) is 32.8 Å². The van der Waals surface area contributed by atoms with Crippen molar-refractivity contribution in [2.75, 3.05) is 26.4 Å². The minimum atomic E-state index is -2.08. The third-order valence-corrected chi connectivity index (χ3v) is 22.2. The number of unbranched alkanes of at least 4 members (excludes halogenated alkanes) is 1. The van der Waals surface area contributed by atoms with Crippen molar-refractivity contribution < 1.29 is 18.1 Å². The van der Waals surface area contributed by atoms with Gasteiger partial charge in [-0.2, -0.15) is 0 Å². The molecular formula is C27H62N2O4Si3. The molecule has 0 saturated carbocycles. The first-order valence-electron chi connectivity index (χ1n) is 13.8. The number of carbonyl (C=O) groups is 1. The van der Waals surface area contributed by atoms with Crippen molar-refractivity contribution in [3.8, 4) is 0 Å². The zero-order valence-corrected chi connectivity index (χ0v) is 29.7. The summed E-state index contributed by atoms with van der Waals surface area (Å²) in [5.41, 5.74) is 4.92. The SMILES string of the molecule is CC(C)(C)[Si](C)(C)OCC(CO[Si](C)(C)C(C)(C)C)(CO[Si](C)(C)C(C)(C)C)NC(=O)CCCCN. The number of hydrogen-bond acceptors (Lipinski definition) is 5. The van der Waals surface area contributed by atoms with Crippen LogP contribution in [0.4, 0.5) is 0 Å². The average molecular weight is 563 g/mol. The Hall–Kier alpha value is -0.0394. The van der Waals surface area contributed by atoms with Crippen molar-refractivity contribution >= 4 is 30.9 Å². The van der Waals surface area contributed by atoms with Crippen molar-refractivity contribution in [1.82, 2.24) is 5.32 Å². The molecular weight excluding hydrogens is 501 g/mol. The second kappa shape index (κ2) is 12.9. The standard InChI is InChI=1S/C27H62N2O4Si3/c1-24(2,3)34(10,11)31-20-27(29-23(30)18-16-17-19-28,21-32-35(12,13)25(4,5)6)22-33-36(14,15)26(7,8)9/h16-22,28H2,1-15H3,(H,29,30). The molecule has 0 spiro atoms. The molecule has 0 fully saturated rings. The highest BCUT2D eigenvalue weighted by Gasteiger charge is 2.46. The van der Waals surface area contributed by atoms with Gasteiger partial charge in [0, 0.05) is 6.42 Å². The van der Waals surface area contributed by atoms with Gasteiger partial charge in [0.25, 0.3) is 0 Å². The summed E-state index contributed by atoms with van der Waals surface area (Å²) in [6.45, 7) is 35.4. The van der Waals surface area contributed by atoms with Crippen LogP contribution in [0.15, 0.2) is 0 Å². The van der Waals surface area contributed by atoms with Crippen molar-refractivity contribution in [2.24, 2.45) is 5.73 Å². The minimum absolute atomic E-state index is 0.0138. The molecule has 9 heteroatoms. The summed E-state index contributed by atoms with van der Waals surface area (Å²) in [5.74, 6) is 0.0138. The molecule has 0 aromatic carbocycles. The number of hydrogen-bond donors (Lipinski definition) is 2. The Bertz CT molecular complexity index is 617. The summed E-state index contributed by atoms with van der Waals surface area (Å²) >= 11 is 0. The molecule has 0 unspecified atom stereocenters. The molecule has 0 aliphatic rings. The summed E-state index contributed by atoms with van der Waals surface area (Å²) < 4.78 is 20.3. The van der Waals surface area contributed by atoms with Gasteiger partial charge in [-0.15, -0.1) is 0 Å². The maximum Gasteiger partial charge on any atom is 0.220 e. The van der Waals surface area contributed by atoms with Gasteiger partial charge >= 0.3 is 0 Å². The van der Waals surface area contributed by atoms with Crippen LogP contribution < -0.4 is 11.1 Å². The van der Waals surface area contributed by atoms with Crippen LogP contribution in [0.5, 0.6) is 0 Å². The monoisotopic (exact) mass is 562 g/mol. The van der Waals surface area contributed by atoms with Gasteiger partial charge in [-0.05, 0) is 73.8 Å². The summed E-state index contributed by atoms with van der Waals surface area (Å²) in [6, 6.07) is 0. The third-order valence-electron chi connectivity index (χ3n) is 8.81. The van der Waals surface area contributed by atoms with E-state index < -0.39 is 30.5 Å². The van der Waals surface area contributed by atoms with E-state index in [9.17, 15) is 4.79 Å². The van der Waals surface area contributed by atoms with Gasteiger partial charge in [-0.25, -0.2) is 0 Å². The Morgan fingerprint density at radius 3 is 1.19 bits per heavy atom. The second-order valence-corrected chi connectivity index (χ2v) is 29.6. The van der Waals surface area contributed by atoms with E-state index in [0.717, 1.165) is 12.8 Å². The summed E-state index contributed by atoms with van der Waals surface area (Å²) in [4.78, 5) is 13.2. The first-order chi connectivity index (χ1) is 15.8. The molecule has 0 rings (SSSR count). The second-order valence-electron chi connectivity index (χ2n) is 15.2. The Morgan fingerprint density at radius 1 is 0.639 bits per heavy atom. The van der Waals surface area contributed by atoms with Gasteiger partial charge in [0.1, 0.15) is 5.54 Å². The lowest BCUT2D eigenvalue weighted by molar-refractivity contribution is -0.125. The van der Waals surface area contributed by atoms with E-state index in [-0.39, 0.29) is 21.0 Å². The molecule has 0 aliphatic heterocycles. The predicted octanol–water partition coefficient (Wildman–Crippen LogP) is 7.04. The van der Waals surface area contributed by atoms with E-state index in [1.165, 1.54) is 0 Å². The molecule has 1 amide bonds. The average Bonchev–Trinajstić information content (AvgIpc) is 2.67. The molecule has 6 nitrogen and oxygen atoms in total. The van der Waals surface area contributed by atoms with E-state index in [1.807, 2.05) is 0 Å². The smallest absolute Gasteiger partial charge is 0.220 e. The van der Waals surface area contributed by atoms with Crippen LogP contribution in [-0.4, -0.2) is 62.8 Å². The molecule has 36 heavy (non-hydrogen) atoms. The molecule has 0 radical (unpaired) electrons. The lowest BCUT2D eigenvalue weighted by Crippen LogP contribution is -2.63. The zero-order valence-electron chi connectivity index (χ0n) is 26.7. The minimum Gasteiger partial charge on any atom is -0.414 e. The normalized spacial score (nSPS) is 14.8. The van der Waals surface area contributed by atoms with E-state index in [4.69, 9.17) is 19.0 Å². The summed E-state index contributed by atoms with van der Waals surface area (Å²) in [6.07, 6.45) is 2.05. The molecule has 0 aliphatic carbocycles. The summed E-state index contributed by atoms with van der Waals surface area (Å²) in [7, 11) is -6.23. The summed E-state index contributed by atoms with van der Waals surface area (Å²) in [5, 5.41) is 3.55. The molecule has 3 N–H and O–H groups in total. The Labute approximate surface area is 227 Å². The Kier molecular flexibility index (Phi) is 12.9. The van der Waals surface area contributed by atoms with E-state index >= 15 is 0 Å². The van der Waals surface area contributed by atoms with Crippen LogP contribution in [0.2, 0.25) is 54.4 Å². The molecule has 0 aromatic rings. The first kappa shape index (κ1) is 36.0. The number of nitrogens with two attached hydrogens (primary N) is 1. The predicted molar refractivity (Wildman–Crippen MR) is 163 cm³/mol. The first-order valence-corrected chi connectivity index (χ1v) is 22.5. The molecule has 0 aromatic heterocycles. The number of nitrogens with one attached hydrogen (secondary N) is 1. The van der Waals surface area contributed by atoms with Crippen molar-refractivity contribution in [3.63, 3.8) is 0 Å². The highest BCUT2D eigenvalue weighted by molar-refractivity contribution is 6.75. The van der Waals surface area contributed by atoms with E-state index in [1.54, 1.807) is 0 Å². The van der Waals surface area contributed by atoms with Gasteiger partial charge < -0.3 is 24.3 Å². The highest BCUT2D eigenvalue weighted by Crippen LogP contribution is 2.40. The van der Waals surface area contributed by atoms with Gasteiger partial charge in [0.05, 0.1) is 19.8 Å². The van der Waals surface area contributed by atoms with Gasteiger partial charge in [0.15, 0.2) is 25.0 Å². The van der Waals surface area contributed by atoms with Crippen molar-refractivity contribution in [1.29, 1.82) is 0 Å². The molecule has 0 atom stereocenters. The fourth-order valence-electron chi connectivity index (χ4n) is 2.63. The quantitative estimate of drug-likeness (QED) is 0.175. The Morgan fingerprint density at radius 2 is 0.944 bits per heavy atom. The van der Waals surface area contributed by atoms with Crippen LogP contribution in [0, 0.1) is 0 Å². The highest BCUT2D eigenvalue weighted by atomic mass is 28.4. The van der Waals surface area contributed by atoms with Crippen LogP contribution in [0.3, 0.4) is 0 Å². The largest absolute Gasteiger partial charge is 0.414 e.